The summed E-state index contributed by atoms with van der Waals surface area (Å²) in [4.78, 5) is 13.0. The molecule has 1 heterocycles. The second kappa shape index (κ2) is 9.09. The number of nitrogens with one attached hydrogen (secondary N) is 1. The Morgan fingerprint density at radius 2 is 2.22 bits per heavy atom. The molecule has 1 rings (SSSR count). The van der Waals surface area contributed by atoms with Crippen molar-refractivity contribution in [1.29, 1.82) is 0 Å². The fraction of sp³-hybridized carbons (Fsp3) is 0.909. The first-order valence-corrected chi connectivity index (χ1v) is 6.03. The predicted molar refractivity (Wildman–Crippen MR) is 66.3 cm³/mol. The molecular formula is C11H24N2O5. The molecule has 0 aromatic rings. The molecule has 7 nitrogen and oxygen atoms in total. The van der Waals surface area contributed by atoms with Crippen molar-refractivity contribution < 1.29 is 25.2 Å². The highest BCUT2D eigenvalue weighted by Gasteiger charge is 2.23. The van der Waals surface area contributed by atoms with Gasteiger partial charge in [-0.2, -0.15) is 0 Å². The molecule has 108 valence electrons. The van der Waals surface area contributed by atoms with Gasteiger partial charge in [-0.25, -0.2) is 4.79 Å². The Bertz CT molecular complexity index is 239. The first-order valence-electron chi connectivity index (χ1n) is 6.03. The van der Waals surface area contributed by atoms with Crippen LogP contribution < -0.4 is 5.32 Å². The van der Waals surface area contributed by atoms with E-state index in [4.69, 9.17) is 9.84 Å². The van der Waals surface area contributed by atoms with Gasteiger partial charge >= 0.3 is 6.09 Å². The summed E-state index contributed by atoms with van der Waals surface area (Å²) >= 11 is 0. The summed E-state index contributed by atoms with van der Waals surface area (Å²) in [6, 6.07) is 0.0554. The molecule has 0 bridgehead atoms. The molecule has 2 unspecified atom stereocenters. The number of hydrogen-bond donors (Lipinski definition) is 3. The van der Waals surface area contributed by atoms with E-state index in [9.17, 15) is 9.90 Å². The first-order chi connectivity index (χ1) is 8.13. The van der Waals surface area contributed by atoms with Gasteiger partial charge in [0, 0.05) is 32.8 Å². The molecule has 1 amide bonds. The van der Waals surface area contributed by atoms with E-state index in [1.165, 1.54) is 4.90 Å². The van der Waals surface area contributed by atoms with Gasteiger partial charge in [0.25, 0.3) is 0 Å². The Morgan fingerprint density at radius 1 is 1.50 bits per heavy atom. The molecule has 18 heavy (non-hydrogen) atoms. The number of hydrogen-bond acceptors (Lipinski definition) is 5. The highest BCUT2D eigenvalue weighted by Crippen LogP contribution is 2.07. The quantitative estimate of drug-likeness (QED) is 0.517. The van der Waals surface area contributed by atoms with Crippen molar-refractivity contribution in [2.45, 2.75) is 31.4 Å². The Morgan fingerprint density at radius 3 is 2.78 bits per heavy atom. The number of carbonyl (C=O) groups is 1. The van der Waals surface area contributed by atoms with E-state index < -0.39 is 0 Å². The molecule has 1 saturated heterocycles. The van der Waals surface area contributed by atoms with Crippen LogP contribution in [0, 0.1) is 0 Å². The van der Waals surface area contributed by atoms with Gasteiger partial charge in [-0.15, -0.1) is 0 Å². The molecule has 0 aliphatic carbocycles. The summed E-state index contributed by atoms with van der Waals surface area (Å²) in [6.45, 7) is 1.58. The fourth-order valence-corrected chi connectivity index (χ4v) is 1.76. The highest BCUT2D eigenvalue weighted by atomic mass is 16.6. The fourth-order valence-electron chi connectivity index (χ4n) is 1.76. The number of rotatable bonds is 6. The SMILES string of the molecule is CN(CCCCO)C(=O)OCC1CC(O)CN1.O. The van der Waals surface area contributed by atoms with Crippen LogP contribution in [0.1, 0.15) is 19.3 Å². The maximum absolute atomic E-state index is 11.5. The molecule has 5 N–H and O–H groups in total. The number of nitrogens with zero attached hydrogens (tertiary/aromatic N) is 1. The van der Waals surface area contributed by atoms with Gasteiger partial charge in [0.05, 0.1) is 6.10 Å². The maximum atomic E-state index is 11.5. The Kier molecular flexibility index (Phi) is 8.65. The average molecular weight is 264 g/mol. The molecule has 0 saturated carbocycles. The van der Waals surface area contributed by atoms with Crippen molar-refractivity contribution in [2.75, 3.05) is 33.4 Å². The van der Waals surface area contributed by atoms with Gasteiger partial charge in [0.2, 0.25) is 0 Å². The normalized spacial score (nSPS) is 22.4. The van der Waals surface area contributed by atoms with Crippen LogP contribution >= 0.6 is 0 Å². The minimum absolute atomic E-state index is 0. The van der Waals surface area contributed by atoms with Crippen molar-refractivity contribution in [3.63, 3.8) is 0 Å². The van der Waals surface area contributed by atoms with Crippen LogP contribution in [-0.4, -0.2) is 72.2 Å². The number of β-amino-alcohol motifs (C(OH)–C–C–N with tert-alkyl or cyclic N) is 1. The number of unbranched alkanes of at least 4 members (excludes halogenated alkanes) is 1. The second-order valence-corrected chi connectivity index (χ2v) is 4.42. The van der Waals surface area contributed by atoms with E-state index in [-0.39, 0.29) is 30.3 Å². The lowest BCUT2D eigenvalue weighted by Gasteiger charge is -2.18. The molecule has 1 aliphatic rings. The first kappa shape index (κ1) is 17.1. The largest absolute Gasteiger partial charge is 0.448 e. The Hall–Kier alpha value is -0.890. The third-order valence-electron chi connectivity index (χ3n) is 2.82. The topological polar surface area (TPSA) is 114 Å². The van der Waals surface area contributed by atoms with Crippen LogP contribution in [0.5, 0.6) is 0 Å². The third kappa shape index (κ3) is 6.15. The lowest BCUT2D eigenvalue weighted by molar-refractivity contribution is 0.0995. The van der Waals surface area contributed by atoms with E-state index >= 15 is 0 Å². The molecule has 0 radical (unpaired) electrons. The molecule has 0 aromatic carbocycles. The zero-order chi connectivity index (χ0) is 12.7. The number of ether oxygens (including phenoxy) is 1. The van der Waals surface area contributed by atoms with Gasteiger partial charge in [-0.3, -0.25) is 0 Å². The van der Waals surface area contributed by atoms with Gasteiger partial charge in [0.1, 0.15) is 6.61 Å². The lowest BCUT2D eigenvalue weighted by atomic mass is 10.2. The number of carbonyl (C=O) groups excluding carboxylic acids is 1. The van der Waals surface area contributed by atoms with Gasteiger partial charge in [-0.05, 0) is 19.3 Å². The van der Waals surface area contributed by atoms with Crippen molar-refractivity contribution in [1.82, 2.24) is 10.2 Å². The van der Waals surface area contributed by atoms with Crippen LogP contribution in [0.3, 0.4) is 0 Å². The van der Waals surface area contributed by atoms with Crippen LogP contribution in [0.2, 0.25) is 0 Å². The Labute approximate surface area is 107 Å². The van der Waals surface area contributed by atoms with Crippen LogP contribution in [0.4, 0.5) is 4.79 Å². The summed E-state index contributed by atoms with van der Waals surface area (Å²) in [5.41, 5.74) is 0. The minimum Gasteiger partial charge on any atom is -0.448 e. The molecule has 0 spiro atoms. The summed E-state index contributed by atoms with van der Waals surface area (Å²) in [5.74, 6) is 0. The highest BCUT2D eigenvalue weighted by molar-refractivity contribution is 5.67. The van der Waals surface area contributed by atoms with Crippen molar-refractivity contribution in [3.8, 4) is 0 Å². The molecule has 1 fully saturated rings. The van der Waals surface area contributed by atoms with E-state index in [1.807, 2.05) is 0 Å². The van der Waals surface area contributed by atoms with Gasteiger partial charge < -0.3 is 30.6 Å². The van der Waals surface area contributed by atoms with Crippen LogP contribution in [0.25, 0.3) is 0 Å². The zero-order valence-corrected chi connectivity index (χ0v) is 10.8. The molecular weight excluding hydrogens is 240 g/mol. The van der Waals surface area contributed by atoms with Crippen molar-refractivity contribution in [3.05, 3.63) is 0 Å². The van der Waals surface area contributed by atoms with E-state index in [1.54, 1.807) is 7.05 Å². The maximum Gasteiger partial charge on any atom is 0.409 e. The molecule has 2 atom stereocenters. The average Bonchev–Trinajstić information content (AvgIpc) is 2.72. The van der Waals surface area contributed by atoms with E-state index in [2.05, 4.69) is 5.32 Å². The number of aliphatic hydroxyl groups is 2. The van der Waals surface area contributed by atoms with Crippen molar-refractivity contribution >= 4 is 6.09 Å². The van der Waals surface area contributed by atoms with Crippen molar-refractivity contribution in [2.24, 2.45) is 0 Å². The van der Waals surface area contributed by atoms with E-state index in [0.29, 0.717) is 32.5 Å². The summed E-state index contributed by atoms with van der Waals surface area (Å²) in [5, 5.41) is 21.0. The summed E-state index contributed by atoms with van der Waals surface area (Å²) in [6.07, 6.45) is 1.39. The van der Waals surface area contributed by atoms with Gasteiger partial charge in [-0.1, -0.05) is 0 Å². The molecule has 1 aliphatic heterocycles. The van der Waals surface area contributed by atoms with Crippen LogP contribution in [-0.2, 0) is 4.74 Å². The standard InChI is InChI=1S/C11H22N2O4.H2O/c1-13(4-2-3-5-14)11(16)17-8-9-6-10(15)7-12-9;/h9-10,12,14-15H,2-8H2,1H3;1H2. The zero-order valence-electron chi connectivity index (χ0n) is 10.8. The second-order valence-electron chi connectivity index (χ2n) is 4.42. The number of aliphatic hydroxyl groups excluding tert-OH is 2. The molecule has 7 heteroatoms. The monoisotopic (exact) mass is 264 g/mol. The number of amides is 1. The predicted octanol–water partition coefficient (Wildman–Crippen LogP) is -1.27. The Balaban J connectivity index is 0.00000289. The summed E-state index contributed by atoms with van der Waals surface area (Å²) < 4.78 is 5.12. The molecule has 0 aromatic heterocycles. The van der Waals surface area contributed by atoms with E-state index in [0.717, 1.165) is 6.42 Å². The smallest absolute Gasteiger partial charge is 0.409 e. The lowest BCUT2D eigenvalue weighted by Crippen LogP contribution is -2.33. The summed E-state index contributed by atoms with van der Waals surface area (Å²) in [7, 11) is 1.68. The van der Waals surface area contributed by atoms with Crippen LogP contribution in [0.15, 0.2) is 0 Å². The third-order valence-corrected chi connectivity index (χ3v) is 2.82. The minimum atomic E-state index is -0.355. The van der Waals surface area contributed by atoms with Gasteiger partial charge in [0.15, 0.2) is 0 Å².